The van der Waals surface area contributed by atoms with Crippen molar-refractivity contribution in [3.05, 3.63) is 34.2 Å². The third-order valence-corrected chi connectivity index (χ3v) is 8.42. The molecule has 8 nitrogen and oxygen atoms in total. The van der Waals surface area contributed by atoms with Crippen LogP contribution in [-0.4, -0.2) is 99.0 Å². The molecule has 4 heterocycles. The molecule has 3 aliphatic heterocycles. The van der Waals surface area contributed by atoms with Crippen LogP contribution in [0.3, 0.4) is 0 Å². The smallest absolute Gasteiger partial charge is 0.288 e. The van der Waals surface area contributed by atoms with Crippen LogP contribution in [0.25, 0.3) is 0 Å². The van der Waals surface area contributed by atoms with Gasteiger partial charge < -0.3 is 33.9 Å². The van der Waals surface area contributed by atoms with Gasteiger partial charge in [0, 0.05) is 44.2 Å². The van der Waals surface area contributed by atoms with Crippen molar-refractivity contribution < 1.29 is 28.8 Å². The third-order valence-electron chi connectivity index (χ3n) is 7.72. The summed E-state index contributed by atoms with van der Waals surface area (Å²) in [7, 11) is 0. The molecule has 0 spiro atoms. The lowest BCUT2D eigenvalue weighted by atomic mass is 9.82. The Labute approximate surface area is 225 Å². The van der Waals surface area contributed by atoms with Crippen molar-refractivity contribution in [2.24, 2.45) is 5.92 Å². The minimum absolute atomic E-state index is 0.0155. The maximum absolute atomic E-state index is 13.6. The largest absolute Gasteiger partial charge is 0.459 e. The molecule has 2 fully saturated rings. The number of aliphatic hydroxyl groups excluding tert-OH is 1. The summed E-state index contributed by atoms with van der Waals surface area (Å²) < 4.78 is 23.4. The number of carbonyl (C=O) groups is 1. The van der Waals surface area contributed by atoms with Gasteiger partial charge in [0.25, 0.3) is 5.91 Å². The predicted octanol–water partition coefficient (Wildman–Crippen LogP) is 3.62. The van der Waals surface area contributed by atoms with E-state index < -0.39 is 6.29 Å². The molecule has 2 saturated heterocycles. The second-order valence-corrected chi connectivity index (χ2v) is 10.9. The Morgan fingerprint density at radius 3 is 2.51 bits per heavy atom. The number of hydrogen-bond donors (Lipinski definition) is 1. The molecule has 3 aliphatic rings. The fourth-order valence-corrected chi connectivity index (χ4v) is 6.46. The van der Waals surface area contributed by atoms with Crippen molar-refractivity contribution >= 4 is 17.2 Å². The van der Waals surface area contributed by atoms with E-state index in [4.69, 9.17) is 24.1 Å². The van der Waals surface area contributed by atoms with Crippen LogP contribution in [0.5, 0.6) is 0 Å². The van der Waals surface area contributed by atoms with E-state index in [0.29, 0.717) is 44.8 Å². The van der Waals surface area contributed by atoms with Crippen molar-refractivity contribution in [3.8, 4) is 0 Å². The number of aliphatic hydroxyl groups is 1. The molecular formula is C28H44N2O6S. The number of thiophene rings is 1. The Bertz CT molecular complexity index is 821. The summed E-state index contributed by atoms with van der Waals surface area (Å²) >= 11 is 1.66. The fraction of sp³-hybridized carbons (Fsp3) is 0.750. The number of piperidine rings is 2. The maximum Gasteiger partial charge on any atom is 0.288 e. The van der Waals surface area contributed by atoms with Gasteiger partial charge in [-0.15, -0.1) is 0 Å². The van der Waals surface area contributed by atoms with Gasteiger partial charge in [0.1, 0.15) is 0 Å². The number of rotatable bonds is 13. The van der Waals surface area contributed by atoms with Crippen molar-refractivity contribution in [2.75, 3.05) is 65.8 Å². The Morgan fingerprint density at radius 1 is 1.08 bits per heavy atom. The summed E-state index contributed by atoms with van der Waals surface area (Å²) in [5.74, 6) is 0.461. The normalized spacial score (nSPS) is 25.6. The zero-order valence-corrected chi connectivity index (χ0v) is 23.0. The Hall–Kier alpha value is -1.49. The minimum atomic E-state index is -0.501. The molecule has 0 radical (unpaired) electrons. The van der Waals surface area contributed by atoms with Crippen LogP contribution < -0.4 is 0 Å². The quantitative estimate of drug-likeness (QED) is 0.386. The van der Waals surface area contributed by atoms with Gasteiger partial charge in [-0.1, -0.05) is 6.42 Å². The van der Waals surface area contributed by atoms with Crippen LogP contribution in [0, 0.1) is 5.92 Å². The first-order chi connectivity index (χ1) is 18.2. The van der Waals surface area contributed by atoms with Gasteiger partial charge in [0.2, 0.25) is 6.29 Å². The lowest BCUT2D eigenvalue weighted by molar-refractivity contribution is -0.172. The summed E-state index contributed by atoms with van der Waals surface area (Å²) in [4.78, 5) is 18.2. The van der Waals surface area contributed by atoms with Crippen LogP contribution in [-0.2, 0) is 23.7 Å². The van der Waals surface area contributed by atoms with Gasteiger partial charge in [-0.2, -0.15) is 11.3 Å². The van der Waals surface area contributed by atoms with Crippen molar-refractivity contribution in [1.29, 1.82) is 0 Å². The zero-order valence-electron chi connectivity index (χ0n) is 22.2. The van der Waals surface area contributed by atoms with Crippen LogP contribution in [0.1, 0.15) is 56.9 Å². The highest BCUT2D eigenvalue weighted by Crippen LogP contribution is 2.40. The molecule has 37 heavy (non-hydrogen) atoms. The van der Waals surface area contributed by atoms with Gasteiger partial charge in [-0.05, 0) is 80.6 Å². The summed E-state index contributed by atoms with van der Waals surface area (Å²) in [5, 5.41) is 13.0. The molecular weight excluding hydrogens is 492 g/mol. The van der Waals surface area contributed by atoms with E-state index in [1.165, 1.54) is 37.9 Å². The summed E-state index contributed by atoms with van der Waals surface area (Å²) in [5.41, 5.74) is 1.18. The van der Waals surface area contributed by atoms with E-state index in [-0.39, 0.29) is 24.3 Å². The second kappa shape index (κ2) is 15.2. The van der Waals surface area contributed by atoms with E-state index >= 15 is 0 Å². The molecule has 0 aliphatic carbocycles. The van der Waals surface area contributed by atoms with Crippen LogP contribution >= 0.6 is 11.3 Å². The Kier molecular flexibility index (Phi) is 11.7. The Morgan fingerprint density at radius 2 is 1.84 bits per heavy atom. The fourth-order valence-electron chi connectivity index (χ4n) is 5.75. The Balaban J connectivity index is 1.39. The lowest BCUT2D eigenvalue weighted by Gasteiger charge is -2.41. The first kappa shape index (κ1) is 28.5. The van der Waals surface area contributed by atoms with E-state index in [1.807, 2.05) is 17.9 Å². The van der Waals surface area contributed by atoms with Crippen molar-refractivity contribution in [1.82, 2.24) is 9.80 Å². The van der Waals surface area contributed by atoms with Crippen molar-refractivity contribution in [2.45, 2.75) is 63.7 Å². The lowest BCUT2D eigenvalue weighted by Crippen LogP contribution is -2.49. The van der Waals surface area contributed by atoms with Crippen LogP contribution in [0.2, 0.25) is 0 Å². The second-order valence-electron chi connectivity index (χ2n) is 10.1. The zero-order chi connectivity index (χ0) is 25.9. The van der Waals surface area contributed by atoms with Gasteiger partial charge in [0.05, 0.1) is 26.4 Å². The molecule has 4 rings (SSSR count). The topological polar surface area (TPSA) is 80.7 Å². The molecule has 1 aromatic heterocycles. The number of carbonyl (C=O) groups excluding carboxylic acids is 1. The van der Waals surface area contributed by atoms with Crippen LogP contribution in [0.4, 0.5) is 0 Å². The minimum Gasteiger partial charge on any atom is -0.459 e. The highest BCUT2D eigenvalue weighted by molar-refractivity contribution is 7.08. The van der Waals surface area contributed by atoms with E-state index in [2.05, 4.69) is 21.7 Å². The van der Waals surface area contributed by atoms with Crippen molar-refractivity contribution in [3.63, 3.8) is 0 Å². The van der Waals surface area contributed by atoms with Gasteiger partial charge >= 0.3 is 0 Å². The molecule has 9 heteroatoms. The van der Waals surface area contributed by atoms with Crippen LogP contribution in [0.15, 0.2) is 28.7 Å². The summed E-state index contributed by atoms with van der Waals surface area (Å²) in [6.07, 6.45) is 8.26. The third kappa shape index (κ3) is 8.00. The number of hydrogen-bond acceptors (Lipinski definition) is 8. The first-order valence-electron chi connectivity index (χ1n) is 14.0. The molecule has 0 unspecified atom stereocenters. The standard InChI is InChI=1S/C28H44N2O6S/c1-2-35-28-24(8-15-33-17-18-34-16-14-31)25(22-9-19-37-21-22)20-26(36-28)27(32)30-12-6-23(7-13-30)29-10-4-3-5-11-29/h9,19-21,23-25,28,31H,2-8,10-18H2,1H3/t24-,25+,28+/m1/s1. The molecule has 0 saturated carbocycles. The van der Waals surface area contributed by atoms with Gasteiger partial charge in [-0.3, -0.25) is 4.79 Å². The van der Waals surface area contributed by atoms with E-state index in [0.717, 1.165) is 32.4 Å². The maximum atomic E-state index is 13.6. The number of ether oxygens (including phenoxy) is 4. The summed E-state index contributed by atoms with van der Waals surface area (Å²) in [6.45, 7) is 8.24. The van der Waals surface area contributed by atoms with Gasteiger partial charge in [0.15, 0.2) is 5.76 Å². The number of nitrogens with zero attached hydrogens (tertiary/aromatic N) is 2. The SMILES string of the molecule is CCO[C@H]1OC(C(=O)N2CCC(N3CCCCC3)CC2)=C[C@@H](c2ccsc2)[C@H]1CCOCCOCCO. The predicted molar refractivity (Wildman–Crippen MR) is 143 cm³/mol. The highest BCUT2D eigenvalue weighted by atomic mass is 32.1. The monoisotopic (exact) mass is 536 g/mol. The van der Waals surface area contributed by atoms with E-state index in [1.54, 1.807) is 11.3 Å². The number of likely N-dealkylation sites (tertiary alicyclic amines) is 2. The molecule has 0 aromatic carbocycles. The van der Waals surface area contributed by atoms with Gasteiger partial charge in [-0.25, -0.2) is 0 Å². The highest BCUT2D eigenvalue weighted by Gasteiger charge is 2.39. The molecule has 1 aromatic rings. The molecule has 208 valence electrons. The summed E-state index contributed by atoms with van der Waals surface area (Å²) in [6, 6.07) is 2.72. The average molecular weight is 537 g/mol. The number of amides is 1. The molecule has 1 N–H and O–H groups in total. The first-order valence-corrected chi connectivity index (χ1v) is 15.0. The average Bonchev–Trinajstić information content (AvgIpc) is 3.48. The molecule has 3 atom stereocenters. The molecule has 1 amide bonds. The molecule has 0 bridgehead atoms. The van der Waals surface area contributed by atoms with E-state index in [9.17, 15) is 4.79 Å². The number of allylic oxidation sites excluding steroid dienone is 1.